The molecule has 1 saturated carbocycles. The van der Waals surface area contributed by atoms with Crippen molar-refractivity contribution in [2.24, 2.45) is 5.73 Å². The van der Waals surface area contributed by atoms with Gasteiger partial charge in [0.05, 0.1) is 0 Å². The van der Waals surface area contributed by atoms with Crippen LogP contribution in [0.2, 0.25) is 5.02 Å². The van der Waals surface area contributed by atoms with Gasteiger partial charge < -0.3 is 15.2 Å². The average Bonchev–Trinajstić information content (AvgIpc) is 3.25. The zero-order chi connectivity index (χ0) is 22.3. The van der Waals surface area contributed by atoms with E-state index in [0.717, 1.165) is 36.3 Å². The number of amides is 1. The van der Waals surface area contributed by atoms with E-state index in [-0.39, 0.29) is 17.4 Å². The van der Waals surface area contributed by atoms with Crippen molar-refractivity contribution in [1.82, 2.24) is 25.0 Å². The van der Waals surface area contributed by atoms with Gasteiger partial charge in [0.25, 0.3) is 5.91 Å². The SMILES string of the molecule is Cc1nc(-c2ncnc3c2CCN([C@H]2CC[C@@](CN)(c4cccc(Cl)c4)CC2)C3=O)no1. The maximum Gasteiger partial charge on any atom is 0.273 e. The molecule has 8 nitrogen and oxygen atoms in total. The number of nitrogens with zero attached hydrogens (tertiary/aromatic N) is 5. The van der Waals surface area contributed by atoms with Crippen LogP contribution in [0.25, 0.3) is 11.5 Å². The first kappa shape index (κ1) is 21.0. The van der Waals surface area contributed by atoms with Crippen molar-refractivity contribution < 1.29 is 9.32 Å². The summed E-state index contributed by atoms with van der Waals surface area (Å²) in [7, 11) is 0. The number of nitrogens with two attached hydrogens (primary N) is 1. The molecule has 0 saturated heterocycles. The van der Waals surface area contributed by atoms with Gasteiger partial charge in [-0.1, -0.05) is 28.9 Å². The van der Waals surface area contributed by atoms with Crippen molar-refractivity contribution in [1.29, 1.82) is 0 Å². The minimum atomic E-state index is -0.0933. The first-order valence-corrected chi connectivity index (χ1v) is 11.3. The zero-order valence-corrected chi connectivity index (χ0v) is 18.7. The molecule has 32 heavy (non-hydrogen) atoms. The molecule has 0 unspecified atom stereocenters. The second kappa shape index (κ2) is 8.26. The summed E-state index contributed by atoms with van der Waals surface area (Å²) in [5.74, 6) is 0.804. The largest absolute Gasteiger partial charge is 0.339 e. The Morgan fingerprint density at radius 3 is 2.72 bits per heavy atom. The highest BCUT2D eigenvalue weighted by Gasteiger charge is 2.40. The molecule has 2 aromatic heterocycles. The Balaban J connectivity index is 1.36. The fourth-order valence-electron chi connectivity index (χ4n) is 5.14. The smallest absolute Gasteiger partial charge is 0.273 e. The summed E-state index contributed by atoms with van der Waals surface area (Å²) in [6.45, 7) is 2.92. The van der Waals surface area contributed by atoms with Gasteiger partial charge in [-0.2, -0.15) is 4.98 Å². The number of carbonyl (C=O) groups is 1. The minimum Gasteiger partial charge on any atom is -0.339 e. The highest BCUT2D eigenvalue weighted by Crippen LogP contribution is 2.41. The molecule has 0 spiro atoms. The van der Waals surface area contributed by atoms with E-state index in [1.807, 2.05) is 23.1 Å². The van der Waals surface area contributed by atoms with Gasteiger partial charge in [-0.15, -0.1) is 0 Å². The van der Waals surface area contributed by atoms with Crippen LogP contribution in [0.15, 0.2) is 35.1 Å². The maximum atomic E-state index is 13.4. The van der Waals surface area contributed by atoms with Gasteiger partial charge in [-0.25, -0.2) is 9.97 Å². The topological polar surface area (TPSA) is 111 Å². The molecule has 1 amide bonds. The maximum absolute atomic E-state index is 13.4. The lowest BCUT2D eigenvalue weighted by Gasteiger charge is -2.44. The number of benzene rings is 1. The van der Waals surface area contributed by atoms with Gasteiger partial charge in [-0.3, -0.25) is 4.79 Å². The lowest BCUT2D eigenvalue weighted by atomic mass is 9.68. The van der Waals surface area contributed by atoms with E-state index >= 15 is 0 Å². The van der Waals surface area contributed by atoms with Crippen molar-refractivity contribution in [2.45, 2.75) is 50.5 Å². The van der Waals surface area contributed by atoms with Crippen LogP contribution in [-0.4, -0.2) is 50.0 Å². The third-order valence-corrected chi connectivity index (χ3v) is 7.17. The molecule has 1 fully saturated rings. The molecule has 0 radical (unpaired) electrons. The van der Waals surface area contributed by atoms with E-state index in [9.17, 15) is 4.79 Å². The number of aromatic nitrogens is 4. The van der Waals surface area contributed by atoms with Gasteiger partial charge in [-0.05, 0) is 49.8 Å². The molecule has 3 heterocycles. The molecule has 1 aromatic carbocycles. The molecule has 2 N–H and O–H groups in total. The van der Waals surface area contributed by atoms with E-state index < -0.39 is 0 Å². The van der Waals surface area contributed by atoms with Crippen molar-refractivity contribution in [3.8, 4) is 11.5 Å². The van der Waals surface area contributed by atoms with Crippen LogP contribution < -0.4 is 5.73 Å². The van der Waals surface area contributed by atoms with Gasteiger partial charge in [0.1, 0.15) is 17.7 Å². The third kappa shape index (κ3) is 3.57. The fraction of sp³-hybridized carbons (Fsp3) is 0.435. The third-order valence-electron chi connectivity index (χ3n) is 6.93. The molecule has 3 aromatic rings. The molecule has 0 bridgehead atoms. The number of halogens is 1. The summed E-state index contributed by atoms with van der Waals surface area (Å²) in [4.78, 5) is 28.3. The van der Waals surface area contributed by atoms with Crippen LogP contribution in [0.5, 0.6) is 0 Å². The summed E-state index contributed by atoms with van der Waals surface area (Å²) in [5.41, 5.74) is 9.15. The van der Waals surface area contributed by atoms with Crippen molar-refractivity contribution >= 4 is 17.5 Å². The molecule has 0 atom stereocenters. The molecular formula is C23H25ClN6O2. The summed E-state index contributed by atoms with van der Waals surface area (Å²) in [6.07, 6.45) is 5.70. The predicted octanol–water partition coefficient (Wildman–Crippen LogP) is 3.33. The summed E-state index contributed by atoms with van der Waals surface area (Å²) in [6, 6.07) is 8.17. The Bertz CT molecular complexity index is 1150. The van der Waals surface area contributed by atoms with Crippen molar-refractivity contribution in [3.05, 3.63) is 58.3 Å². The normalized spacial score (nSPS) is 23.3. The Labute approximate surface area is 191 Å². The fourth-order valence-corrected chi connectivity index (χ4v) is 5.33. The monoisotopic (exact) mass is 452 g/mol. The van der Waals surface area contributed by atoms with Crippen molar-refractivity contribution in [3.63, 3.8) is 0 Å². The second-order valence-electron chi connectivity index (χ2n) is 8.66. The zero-order valence-electron chi connectivity index (χ0n) is 17.9. The standard InChI is InChI=1S/C23H25ClN6O2/c1-14-28-21(29-32-14)19-18-7-10-30(22(31)20(18)27-13-26-19)17-5-8-23(12-25,9-6-17)15-3-2-4-16(24)11-15/h2-4,11,13,17H,5-10,12,25H2,1H3/t17-,23+. The first-order chi connectivity index (χ1) is 15.5. The number of fused-ring (bicyclic) bond motifs is 1. The summed E-state index contributed by atoms with van der Waals surface area (Å²) in [5, 5.41) is 4.70. The van der Waals surface area contributed by atoms with Crippen molar-refractivity contribution in [2.75, 3.05) is 13.1 Å². The molecule has 9 heteroatoms. The highest BCUT2D eigenvalue weighted by molar-refractivity contribution is 6.30. The average molecular weight is 453 g/mol. The van der Waals surface area contributed by atoms with Crippen LogP contribution in [0.3, 0.4) is 0 Å². The Kier molecular flexibility index (Phi) is 5.43. The Morgan fingerprint density at radius 2 is 2.03 bits per heavy atom. The van der Waals surface area contributed by atoms with Gasteiger partial charge in [0, 0.05) is 42.1 Å². The first-order valence-electron chi connectivity index (χ1n) is 10.9. The lowest BCUT2D eigenvalue weighted by molar-refractivity contribution is 0.0568. The van der Waals surface area contributed by atoms with Gasteiger partial charge >= 0.3 is 0 Å². The molecule has 2 aliphatic rings. The van der Waals surface area contributed by atoms with E-state index in [2.05, 4.69) is 26.2 Å². The number of rotatable bonds is 4. The van der Waals surface area contributed by atoms with Gasteiger partial charge in [0.15, 0.2) is 0 Å². The number of carbonyl (C=O) groups excluding carboxylic acids is 1. The Hall–Kier alpha value is -2.84. The molecular weight excluding hydrogens is 428 g/mol. The second-order valence-corrected chi connectivity index (χ2v) is 9.10. The van der Waals surface area contributed by atoms with Crippen LogP contribution in [-0.2, 0) is 11.8 Å². The van der Waals surface area contributed by atoms with Crippen LogP contribution >= 0.6 is 11.6 Å². The highest BCUT2D eigenvalue weighted by atomic mass is 35.5. The molecule has 1 aliphatic carbocycles. The van der Waals surface area contributed by atoms with Crippen LogP contribution in [0, 0.1) is 6.92 Å². The number of hydrogen-bond acceptors (Lipinski definition) is 7. The van der Waals surface area contributed by atoms with Gasteiger partial charge in [0.2, 0.25) is 11.7 Å². The van der Waals surface area contributed by atoms with Crippen LogP contribution in [0.4, 0.5) is 0 Å². The van der Waals surface area contributed by atoms with E-state index in [4.69, 9.17) is 21.9 Å². The van der Waals surface area contributed by atoms with E-state index in [1.54, 1.807) is 6.92 Å². The molecule has 166 valence electrons. The van der Waals surface area contributed by atoms with Crippen LogP contribution in [0.1, 0.15) is 53.2 Å². The minimum absolute atomic E-state index is 0.0527. The summed E-state index contributed by atoms with van der Waals surface area (Å²) < 4.78 is 5.09. The predicted molar refractivity (Wildman–Crippen MR) is 119 cm³/mol. The number of aryl methyl sites for hydroxylation is 1. The molecule has 1 aliphatic heterocycles. The summed E-state index contributed by atoms with van der Waals surface area (Å²) >= 11 is 6.24. The van der Waals surface area contributed by atoms with E-state index in [0.29, 0.717) is 42.6 Å². The Morgan fingerprint density at radius 1 is 1.25 bits per heavy atom. The quantitative estimate of drug-likeness (QED) is 0.646. The van der Waals surface area contributed by atoms with E-state index in [1.165, 1.54) is 11.9 Å². The number of hydrogen-bond donors (Lipinski definition) is 1. The lowest BCUT2D eigenvalue weighted by Crippen LogP contribution is -2.50. The molecule has 5 rings (SSSR count).